The van der Waals surface area contributed by atoms with Crippen molar-refractivity contribution >= 4 is 5.91 Å². The number of carbonyl (C=O) groups is 1. The second-order valence-corrected chi connectivity index (χ2v) is 3.86. The van der Waals surface area contributed by atoms with Gasteiger partial charge in [-0.05, 0) is 18.3 Å². The van der Waals surface area contributed by atoms with Gasteiger partial charge in [0.15, 0.2) is 0 Å². The molecule has 1 heterocycles. The molecular formula is C10H19NO2. The zero-order valence-corrected chi connectivity index (χ0v) is 8.49. The first-order valence-electron chi connectivity index (χ1n) is 5.05. The molecule has 0 aromatic carbocycles. The Morgan fingerprint density at radius 1 is 1.62 bits per heavy atom. The summed E-state index contributed by atoms with van der Waals surface area (Å²) in [5, 5.41) is 8.83. The lowest BCUT2D eigenvalue weighted by Gasteiger charge is -2.42. The molecule has 76 valence electrons. The third kappa shape index (κ3) is 2.44. The van der Waals surface area contributed by atoms with Crippen molar-refractivity contribution in [1.29, 1.82) is 0 Å². The van der Waals surface area contributed by atoms with Crippen LogP contribution in [0.3, 0.4) is 0 Å². The van der Waals surface area contributed by atoms with Crippen LogP contribution in [0.4, 0.5) is 0 Å². The number of amides is 1. The van der Waals surface area contributed by atoms with E-state index in [0.717, 1.165) is 25.9 Å². The third-order valence-corrected chi connectivity index (χ3v) is 3.05. The van der Waals surface area contributed by atoms with Gasteiger partial charge < -0.3 is 10.0 Å². The maximum atomic E-state index is 10.9. The Morgan fingerprint density at radius 3 is 2.62 bits per heavy atom. The van der Waals surface area contributed by atoms with E-state index >= 15 is 0 Å². The molecule has 3 heteroatoms. The molecule has 1 fully saturated rings. The quantitative estimate of drug-likeness (QED) is 0.706. The van der Waals surface area contributed by atoms with Crippen LogP contribution >= 0.6 is 0 Å². The maximum Gasteiger partial charge on any atom is 0.219 e. The zero-order valence-electron chi connectivity index (χ0n) is 8.49. The average Bonchev–Trinajstić information content (AvgIpc) is 1.99. The highest BCUT2D eigenvalue weighted by Gasteiger charge is 2.33. The van der Waals surface area contributed by atoms with Crippen molar-refractivity contribution in [2.24, 2.45) is 11.8 Å². The molecular weight excluding hydrogens is 166 g/mol. The van der Waals surface area contributed by atoms with Crippen molar-refractivity contribution in [3.05, 3.63) is 0 Å². The van der Waals surface area contributed by atoms with E-state index in [-0.39, 0.29) is 12.5 Å². The molecule has 1 aliphatic rings. The number of carbonyl (C=O) groups excluding carboxylic acids is 1. The third-order valence-electron chi connectivity index (χ3n) is 3.05. The lowest BCUT2D eigenvalue weighted by molar-refractivity contribution is -0.136. The molecule has 1 saturated heterocycles. The number of hydrogen-bond donors (Lipinski definition) is 1. The molecule has 3 nitrogen and oxygen atoms in total. The van der Waals surface area contributed by atoms with Crippen LogP contribution in [0.25, 0.3) is 0 Å². The fourth-order valence-corrected chi connectivity index (χ4v) is 2.01. The van der Waals surface area contributed by atoms with Crippen molar-refractivity contribution in [2.45, 2.75) is 26.7 Å². The van der Waals surface area contributed by atoms with Crippen LogP contribution in [-0.4, -0.2) is 35.6 Å². The smallest absolute Gasteiger partial charge is 0.219 e. The molecule has 1 aliphatic heterocycles. The van der Waals surface area contributed by atoms with E-state index in [4.69, 9.17) is 5.11 Å². The predicted octanol–water partition coefficient (Wildman–Crippen LogP) is 0.873. The summed E-state index contributed by atoms with van der Waals surface area (Å²) >= 11 is 0. The van der Waals surface area contributed by atoms with Gasteiger partial charge in [-0.15, -0.1) is 0 Å². The highest BCUT2D eigenvalue weighted by Crippen LogP contribution is 2.28. The molecule has 0 bridgehead atoms. The Labute approximate surface area is 79.7 Å². The van der Waals surface area contributed by atoms with E-state index in [9.17, 15) is 4.79 Å². The molecule has 0 aliphatic carbocycles. The largest absolute Gasteiger partial charge is 0.396 e. The minimum Gasteiger partial charge on any atom is -0.396 e. The van der Waals surface area contributed by atoms with Gasteiger partial charge in [-0.2, -0.15) is 0 Å². The number of aliphatic hydroxyl groups excluding tert-OH is 1. The molecule has 0 aromatic heterocycles. The van der Waals surface area contributed by atoms with Crippen LogP contribution in [0.5, 0.6) is 0 Å². The first kappa shape index (κ1) is 10.5. The summed E-state index contributed by atoms with van der Waals surface area (Å²) in [5.41, 5.74) is 0. The number of likely N-dealkylation sites (tertiary alicyclic amines) is 1. The van der Waals surface area contributed by atoms with Crippen LogP contribution in [0, 0.1) is 11.8 Å². The van der Waals surface area contributed by atoms with E-state index in [1.54, 1.807) is 6.92 Å². The minimum atomic E-state index is 0.176. The number of nitrogens with zero attached hydrogens (tertiary/aromatic N) is 1. The highest BCUT2D eigenvalue weighted by atomic mass is 16.3. The number of aliphatic hydroxyl groups is 1. The maximum absolute atomic E-state index is 10.9. The van der Waals surface area contributed by atoms with E-state index in [1.807, 2.05) is 4.90 Å². The molecule has 13 heavy (non-hydrogen) atoms. The van der Waals surface area contributed by atoms with Crippen molar-refractivity contribution in [3.8, 4) is 0 Å². The Hall–Kier alpha value is -0.570. The molecule has 1 atom stereocenters. The van der Waals surface area contributed by atoms with Crippen LogP contribution in [0.2, 0.25) is 0 Å². The fourth-order valence-electron chi connectivity index (χ4n) is 2.01. The summed E-state index contributed by atoms with van der Waals surface area (Å²) in [6, 6.07) is 0. The molecule has 0 spiro atoms. The second kappa shape index (κ2) is 4.61. The average molecular weight is 185 g/mol. The minimum absolute atomic E-state index is 0.176. The molecule has 0 radical (unpaired) electrons. The number of hydrogen-bond acceptors (Lipinski definition) is 2. The zero-order chi connectivity index (χ0) is 9.84. The van der Waals surface area contributed by atoms with Crippen LogP contribution in [0.15, 0.2) is 0 Å². The van der Waals surface area contributed by atoms with Crippen LogP contribution in [0.1, 0.15) is 26.7 Å². The monoisotopic (exact) mass is 185 g/mol. The van der Waals surface area contributed by atoms with Crippen molar-refractivity contribution < 1.29 is 9.90 Å². The van der Waals surface area contributed by atoms with Gasteiger partial charge in [0.2, 0.25) is 5.91 Å². The van der Waals surface area contributed by atoms with Gasteiger partial charge in [0.1, 0.15) is 0 Å². The highest BCUT2D eigenvalue weighted by molar-refractivity contribution is 5.74. The van der Waals surface area contributed by atoms with Gasteiger partial charge in [-0.1, -0.05) is 13.3 Å². The van der Waals surface area contributed by atoms with Gasteiger partial charge in [0.05, 0.1) is 0 Å². The first-order chi connectivity index (χ1) is 6.19. The summed E-state index contributed by atoms with van der Waals surface area (Å²) in [7, 11) is 0. The summed E-state index contributed by atoms with van der Waals surface area (Å²) < 4.78 is 0. The predicted molar refractivity (Wildman–Crippen MR) is 51.2 cm³/mol. The molecule has 1 rings (SSSR count). The summed E-state index contributed by atoms with van der Waals surface area (Å²) in [5.74, 6) is 1.40. The standard InChI is InChI=1S/C10H19NO2/c1-3-9(4-5-12)10-6-11(7-10)8(2)13/h9-10,12H,3-7H2,1-2H3. The fraction of sp³-hybridized carbons (Fsp3) is 0.900. The first-order valence-corrected chi connectivity index (χ1v) is 5.05. The normalized spacial score (nSPS) is 19.8. The Bertz CT molecular complexity index is 176. The summed E-state index contributed by atoms with van der Waals surface area (Å²) in [6.07, 6.45) is 1.99. The van der Waals surface area contributed by atoms with Crippen molar-refractivity contribution in [3.63, 3.8) is 0 Å². The van der Waals surface area contributed by atoms with Crippen LogP contribution < -0.4 is 0 Å². The SMILES string of the molecule is CCC(CCO)C1CN(C(C)=O)C1. The topological polar surface area (TPSA) is 40.5 Å². The molecule has 0 aromatic rings. The Morgan fingerprint density at radius 2 is 2.23 bits per heavy atom. The molecule has 1 amide bonds. The van der Waals surface area contributed by atoms with Crippen molar-refractivity contribution in [2.75, 3.05) is 19.7 Å². The van der Waals surface area contributed by atoms with Gasteiger partial charge in [-0.25, -0.2) is 0 Å². The van der Waals surface area contributed by atoms with Gasteiger partial charge in [0.25, 0.3) is 0 Å². The summed E-state index contributed by atoms with van der Waals surface area (Å²) in [4.78, 5) is 12.8. The molecule has 1 unspecified atom stereocenters. The Balaban J connectivity index is 2.27. The van der Waals surface area contributed by atoms with Gasteiger partial charge in [-0.3, -0.25) is 4.79 Å². The van der Waals surface area contributed by atoms with Crippen molar-refractivity contribution in [1.82, 2.24) is 4.90 Å². The van der Waals surface area contributed by atoms with Gasteiger partial charge in [0, 0.05) is 26.6 Å². The summed E-state index contributed by atoms with van der Waals surface area (Å²) in [6.45, 7) is 5.83. The second-order valence-electron chi connectivity index (χ2n) is 3.86. The van der Waals surface area contributed by atoms with E-state index in [2.05, 4.69) is 6.92 Å². The lowest BCUT2D eigenvalue weighted by atomic mass is 9.82. The molecule has 0 saturated carbocycles. The lowest BCUT2D eigenvalue weighted by Crippen LogP contribution is -2.51. The number of rotatable bonds is 4. The van der Waals surface area contributed by atoms with Gasteiger partial charge >= 0.3 is 0 Å². The van der Waals surface area contributed by atoms with E-state index in [0.29, 0.717) is 11.8 Å². The van der Waals surface area contributed by atoms with E-state index < -0.39 is 0 Å². The molecule has 1 N–H and O–H groups in total. The Kier molecular flexibility index (Phi) is 3.72. The van der Waals surface area contributed by atoms with E-state index in [1.165, 1.54) is 0 Å². The van der Waals surface area contributed by atoms with Crippen LogP contribution in [-0.2, 0) is 4.79 Å².